The minimum Gasteiger partial charge on any atom is -0.305 e. The first-order chi connectivity index (χ1) is 8.56. The molecule has 1 atom stereocenters. The van der Waals surface area contributed by atoms with Crippen LogP contribution in [0.1, 0.15) is 28.3 Å². The van der Waals surface area contributed by atoms with E-state index < -0.39 is 0 Å². The van der Waals surface area contributed by atoms with Gasteiger partial charge >= 0.3 is 0 Å². The van der Waals surface area contributed by atoms with E-state index in [1.807, 2.05) is 13.0 Å². The molecule has 1 heterocycles. The number of halogens is 2. The lowest BCUT2D eigenvalue weighted by Gasteiger charge is -2.14. The van der Waals surface area contributed by atoms with Crippen LogP contribution in [-0.4, -0.2) is 0 Å². The van der Waals surface area contributed by atoms with Gasteiger partial charge in [-0.05, 0) is 43.7 Å². The Hall–Kier alpha value is -0.900. The van der Waals surface area contributed by atoms with Gasteiger partial charge in [0, 0.05) is 22.3 Å². The molecule has 2 rings (SSSR count). The molecule has 0 aliphatic heterocycles. The number of benzene rings is 1. The van der Waals surface area contributed by atoms with Gasteiger partial charge in [0.2, 0.25) is 0 Å². The topological polar surface area (TPSA) is 12.0 Å². The van der Waals surface area contributed by atoms with Crippen molar-refractivity contribution in [1.29, 1.82) is 0 Å². The summed E-state index contributed by atoms with van der Waals surface area (Å²) < 4.78 is 13.3. The van der Waals surface area contributed by atoms with Crippen LogP contribution in [0.4, 0.5) is 4.39 Å². The predicted molar refractivity (Wildman–Crippen MR) is 75.7 cm³/mol. The molecule has 18 heavy (non-hydrogen) atoms. The SMILES string of the molecule is Cc1ccc(CNC(C)c2ccc(Cl)c(F)c2)s1. The van der Waals surface area contributed by atoms with Crippen LogP contribution in [0, 0.1) is 12.7 Å². The first-order valence-electron chi connectivity index (χ1n) is 5.80. The number of nitrogens with one attached hydrogen (secondary N) is 1. The Labute approximate surface area is 116 Å². The van der Waals surface area contributed by atoms with Crippen LogP contribution in [0.3, 0.4) is 0 Å². The summed E-state index contributed by atoms with van der Waals surface area (Å²) in [6.07, 6.45) is 0. The summed E-state index contributed by atoms with van der Waals surface area (Å²) in [5.74, 6) is -0.366. The molecule has 0 radical (unpaired) electrons. The second-order valence-corrected chi connectivity index (χ2v) is 6.07. The summed E-state index contributed by atoms with van der Waals surface area (Å²) in [5, 5.41) is 3.54. The highest BCUT2D eigenvalue weighted by Gasteiger charge is 2.08. The Morgan fingerprint density at radius 3 is 2.72 bits per heavy atom. The summed E-state index contributed by atoms with van der Waals surface area (Å²) in [4.78, 5) is 2.59. The van der Waals surface area contributed by atoms with Crippen molar-refractivity contribution in [3.05, 3.63) is 56.5 Å². The highest BCUT2D eigenvalue weighted by atomic mass is 35.5. The van der Waals surface area contributed by atoms with Gasteiger partial charge in [-0.3, -0.25) is 0 Å². The van der Waals surface area contributed by atoms with Crippen LogP contribution in [0.2, 0.25) is 5.02 Å². The fraction of sp³-hybridized carbons (Fsp3) is 0.286. The summed E-state index contributed by atoms with van der Waals surface area (Å²) in [6.45, 7) is 4.90. The predicted octanol–water partition coefficient (Wildman–Crippen LogP) is 4.70. The second kappa shape index (κ2) is 5.83. The van der Waals surface area contributed by atoms with Gasteiger partial charge in [0.25, 0.3) is 0 Å². The van der Waals surface area contributed by atoms with E-state index in [0.29, 0.717) is 0 Å². The molecule has 0 saturated carbocycles. The standard InChI is InChI=1S/C14H15ClFNS/c1-9-3-5-12(18-9)8-17-10(2)11-4-6-13(15)14(16)7-11/h3-7,10,17H,8H2,1-2H3. The molecule has 0 aliphatic carbocycles. The van der Waals surface area contributed by atoms with Crippen LogP contribution >= 0.6 is 22.9 Å². The second-order valence-electron chi connectivity index (χ2n) is 4.29. The number of hydrogen-bond acceptors (Lipinski definition) is 2. The number of thiophene rings is 1. The van der Waals surface area contributed by atoms with Crippen LogP contribution < -0.4 is 5.32 Å². The van der Waals surface area contributed by atoms with Crippen molar-refractivity contribution in [2.45, 2.75) is 26.4 Å². The highest BCUT2D eigenvalue weighted by Crippen LogP contribution is 2.21. The van der Waals surface area contributed by atoms with Gasteiger partial charge in [-0.15, -0.1) is 11.3 Å². The molecule has 1 unspecified atom stereocenters. The summed E-state index contributed by atoms with van der Waals surface area (Å²) >= 11 is 7.44. The summed E-state index contributed by atoms with van der Waals surface area (Å²) in [5.41, 5.74) is 0.908. The lowest BCUT2D eigenvalue weighted by Crippen LogP contribution is -2.17. The van der Waals surface area contributed by atoms with Gasteiger partial charge in [0.15, 0.2) is 0 Å². The zero-order valence-electron chi connectivity index (χ0n) is 10.3. The molecule has 0 aliphatic rings. The molecular formula is C14H15ClFNS. The molecule has 0 saturated heterocycles. The van der Waals surface area contributed by atoms with E-state index in [2.05, 4.69) is 24.4 Å². The van der Waals surface area contributed by atoms with Gasteiger partial charge in [-0.1, -0.05) is 17.7 Å². The third-order valence-corrected chi connectivity index (χ3v) is 4.13. The normalized spacial score (nSPS) is 12.7. The fourth-order valence-corrected chi connectivity index (χ4v) is 2.69. The Kier molecular flexibility index (Phi) is 4.38. The molecule has 0 amide bonds. The summed E-state index contributed by atoms with van der Waals surface area (Å²) in [6, 6.07) is 9.25. The maximum Gasteiger partial charge on any atom is 0.142 e. The van der Waals surface area contributed by atoms with Crippen LogP contribution in [0.5, 0.6) is 0 Å². The van der Waals surface area contributed by atoms with E-state index >= 15 is 0 Å². The lowest BCUT2D eigenvalue weighted by atomic mass is 10.1. The molecule has 2 aromatic rings. The zero-order valence-corrected chi connectivity index (χ0v) is 11.9. The molecule has 0 bridgehead atoms. The first-order valence-corrected chi connectivity index (χ1v) is 6.99. The average Bonchev–Trinajstić information content (AvgIpc) is 2.75. The first kappa shape index (κ1) is 13.5. The molecule has 1 aromatic carbocycles. The minimum absolute atomic E-state index is 0.0965. The number of aryl methyl sites for hydroxylation is 1. The Morgan fingerprint density at radius 2 is 2.11 bits per heavy atom. The number of hydrogen-bond donors (Lipinski definition) is 1. The minimum atomic E-state index is -0.366. The molecule has 1 aromatic heterocycles. The van der Waals surface area contributed by atoms with Gasteiger partial charge in [-0.25, -0.2) is 4.39 Å². The highest BCUT2D eigenvalue weighted by molar-refractivity contribution is 7.11. The van der Waals surface area contributed by atoms with Crippen molar-refractivity contribution in [1.82, 2.24) is 5.32 Å². The maximum absolute atomic E-state index is 13.3. The number of rotatable bonds is 4. The van der Waals surface area contributed by atoms with Crippen LogP contribution in [-0.2, 0) is 6.54 Å². The third-order valence-electron chi connectivity index (χ3n) is 2.82. The van der Waals surface area contributed by atoms with E-state index in [-0.39, 0.29) is 16.9 Å². The molecule has 4 heteroatoms. The van der Waals surface area contributed by atoms with Crippen LogP contribution in [0.15, 0.2) is 30.3 Å². The van der Waals surface area contributed by atoms with Crippen molar-refractivity contribution >= 4 is 22.9 Å². The molecule has 1 nitrogen and oxygen atoms in total. The molecule has 0 spiro atoms. The van der Waals surface area contributed by atoms with Crippen molar-refractivity contribution in [3.8, 4) is 0 Å². The Morgan fingerprint density at radius 1 is 1.33 bits per heavy atom. The van der Waals surface area contributed by atoms with Gasteiger partial charge < -0.3 is 5.32 Å². The molecule has 0 fully saturated rings. The van der Waals surface area contributed by atoms with Crippen molar-refractivity contribution in [3.63, 3.8) is 0 Å². The van der Waals surface area contributed by atoms with Gasteiger partial charge in [-0.2, -0.15) is 0 Å². The van der Waals surface area contributed by atoms with E-state index in [0.717, 1.165) is 12.1 Å². The van der Waals surface area contributed by atoms with Crippen molar-refractivity contribution in [2.75, 3.05) is 0 Å². The van der Waals surface area contributed by atoms with E-state index in [1.165, 1.54) is 15.8 Å². The third kappa shape index (κ3) is 3.31. The Balaban J connectivity index is 1.99. The smallest absolute Gasteiger partial charge is 0.142 e. The summed E-state index contributed by atoms with van der Waals surface area (Å²) in [7, 11) is 0. The molecule has 96 valence electrons. The lowest BCUT2D eigenvalue weighted by molar-refractivity contribution is 0.568. The van der Waals surface area contributed by atoms with Crippen LogP contribution in [0.25, 0.3) is 0 Å². The van der Waals surface area contributed by atoms with E-state index in [1.54, 1.807) is 17.4 Å². The van der Waals surface area contributed by atoms with E-state index in [4.69, 9.17) is 11.6 Å². The Bertz CT molecular complexity index is 538. The average molecular weight is 284 g/mol. The zero-order chi connectivity index (χ0) is 13.1. The van der Waals surface area contributed by atoms with Crippen molar-refractivity contribution < 1.29 is 4.39 Å². The fourth-order valence-electron chi connectivity index (χ4n) is 1.73. The van der Waals surface area contributed by atoms with Crippen molar-refractivity contribution in [2.24, 2.45) is 0 Å². The maximum atomic E-state index is 13.3. The van der Waals surface area contributed by atoms with Gasteiger partial charge in [0.05, 0.1) is 5.02 Å². The molecular weight excluding hydrogens is 269 g/mol. The van der Waals surface area contributed by atoms with Gasteiger partial charge in [0.1, 0.15) is 5.82 Å². The quantitative estimate of drug-likeness (QED) is 0.858. The van der Waals surface area contributed by atoms with E-state index in [9.17, 15) is 4.39 Å². The molecule has 1 N–H and O–H groups in total. The monoisotopic (exact) mass is 283 g/mol. The largest absolute Gasteiger partial charge is 0.305 e.